The van der Waals surface area contributed by atoms with Crippen molar-refractivity contribution >= 4 is 23.8 Å². The van der Waals surface area contributed by atoms with E-state index in [4.69, 9.17) is 9.47 Å². The zero-order chi connectivity index (χ0) is 29.9. The average molecular weight is 575 g/mol. The SMILES string of the molecule is CCOC(=O)Cn1nnc(C(=O)NCc2ccccc2)c1-c1c(C(=O)NCc2ccccc2)nnn1CC(=O)OCC. The number of hydrogen-bond acceptors (Lipinski definition) is 10. The van der Waals surface area contributed by atoms with Gasteiger partial charge < -0.3 is 20.1 Å². The number of benzene rings is 2. The molecular formula is C28H30N8O6. The second-order valence-electron chi connectivity index (χ2n) is 8.84. The average Bonchev–Trinajstić information content (AvgIpc) is 3.59. The standard InChI is InChI=1S/C28H30N8O6/c1-3-41-21(37)17-35-25(23(31-33-35)27(39)29-15-19-11-7-5-8-12-19)26-24(32-34-36(26)18-22(38)42-4-2)28(40)30-16-20-13-9-6-10-14-20/h5-14H,3-4,15-18H2,1-2H3,(H,29,39)(H,30,40). The molecule has 0 radical (unpaired) electrons. The number of esters is 2. The van der Waals surface area contributed by atoms with Crippen LogP contribution >= 0.6 is 0 Å². The van der Waals surface area contributed by atoms with Crippen LogP contribution in [0.15, 0.2) is 60.7 Å². The van der Waals surface area contributed by atoms with E-state index in [-0.39, 0.29) is 49.1 Å². The van der Waals surface area contributed by atoms with Gasteiger partial charge in [0.15, 0.2) is 11.4 Å². The number of nitrogens with one attached hydrogen (secondary N) is 2. The summed E-state index contributed by atoms with van der Waals surface area (Å²) in [7, 11) is 0. The van der Waals surface area contributed by atoms with Crippen LogP contribution in [0.2, 0.25) is 0 Å². The van der Waals surface area contributed by atoms with Gasteiger partial charge in [0.05, 0.1) is 13.2 Å². The molecule has 4 rings (SSSR count). The summed E-state index contributed by atoms with van der Waals surface area (Å²) in [5.74, 6) is -2.58. The zero-order valence-electron chi connectivity index (χ0n) is 23.1. The largest absolute Gasteiger partial charge is 0.465 e. The molecule has 0 aliphatic carbocycles. The van der Waals surface area contributed by atoms with Gasteiger partial charge in [-0.15, -0.1) is 10.2 Å². The lowest BCUT2D eigenvalue weighted by atomic mass is 10.1. The van der Waals surface area contributed by atoms with E-state index in [2.05, 4.69) is 31.3 Å². The minimum absolute atomic E-state index is 0.0484. The molecule has 0 bridgehead atoms. The van der Waals surface area contributed by atoms with E-state index >= 15 is 0 Å². The number of carbonyl (C=O) groups is 4. The number of nitrogens with zero attached hydrogens (tertiary/aromatic N) is 6. The summed E-state index contributed by atoms with van der Waals surface area (Å²) < 4.78 is 12.4. The van der Waals surface area contributed by atoms with Crippen molar-refractivity contribution in [1.29, 1.82) is 0 Å². The van der Waals surface area contributed by atoms with Crippen LogP contribution in [0.5, 0.6) is 0 Å². The van der Waals surface area contributed by atoms with Crippen LogP contribution in [0.1, 0.15) is 46.0 Å². The molecule has 2 N–H and O–H groups in total. The van der Waals surface area contributed by atoms with E-state index in [1.54, 1.807) is 13.8 Å². The first-order valence-corrected chi connectivity index (χ1v) is 13.2. The van der Waals surface area contributed by atoms with Crippen molar-refractivity contribution in [2.24, 2.45) is 0 Å². The van der Waals surface area contributed by atoms with Crippen LogP contribution in [0.4, 0.5) is 0 Å². The zero-order valence-corrected chi connectivity index (χ0v) is 23.1. The lowest BCUT2D eigenvalue weighted by Gasteiger charge is -2.12. The fourth-order valence-corrected chi connectivity index (χ4v) is 4.00. The molecule has 2 heterocycles. The number of amides is 2. The normalized spacial score (nSPS) is 10.6. The Bertz CT molecular complexity index is 1420. The molecule has 0 saturated carbocycles. The maximum absolute atomic E-state index is 13.4. The highest BCUT2D eigenvalue weighted by Gasteiger charge is 2.32. The van der Waals surface area contributed by atoms with Crippen LogP contribution in [0.3, 0.4) is 0 Å². The third-order valence-corrected chi connectivity index (χ3v) is 5.88. The number of carbonyl (C=O) groups excluding carboxylic acids is 4. The predicted molar refractivity (Wildman–Crippen MR) is 148 cm³/mol. The Balaban J connectivity index is 1.76. The Morgan fingerprint density at radius 3 is 1.38 bits per heavy atom. The first kappa shape index (κ1) is 29.6. The van der Waals surface area contributed by atoms with Gasteiger partial charge in [-0.3, -0.25) is 19.2 Å². The highest BCUT2D eigenvalue weighted by Crippen LogP contribution is 2.26. The topological polar surface area (TPSA) is 172 Å². The van der Waals surface area contributed by atoms with E-state index in [9.17, 15) is 19.2 Å². The molecule has 0 aliphatic rings. The lowest BCUT2D eigenvalue weighted by Crippen LogP contribution is -2.27. The van der Waals surface area contributed by atoms with Gasteiger partial charge in [-0.05, 0) is 25.0 Å². The summed E-state index contributed by atoms with van der Waals surface area (Å²) in [4.78, 5) is 51.7. The first-order valence-electron chi connectivity index (χ1n) is 13.2. The number of hydrogen-bond donors (Lipinski definition) is 2. The van der Waals surface area contributed by atoms with E-state index in [1.807, 2.05) is 60.7 Å². The molecule has 14 nitrogen and oxygen atoms in total. The minimum Gasteiger partial charge on any atom is -0.465 e. The molecule has 4 aromatic rings. The third kappa shape index (κ3) is 7.41. The monoisotopic (exact) mass is 574 g/mol. The Labute approximate surface area is 241 Å². The van der Waals surface area contributed by atoms with Crippen molar-refractivity contribution < 1.29 is 28.7 Å². The summed E-state index contributed by atoms with van der Waals surface area (Å²) in [6.07, 6.45) is 0. The summed E-state index contributed by atoms with van der Waals surface area (Å²) in [6.45, 7) is 3.01. The van der Waals surface area contributed by atoms with E-state index < -0.39 is 36.8 Å². The predicted octanol–water partition coefficient (Wildman–Crippen LogP) is 1.52. The summed E-state index contributed by atoms with van der Waals surface area (Å²) in [5, 5.41) is 21.6. The fraction of sp³-hybridized carbons (Fsp3) is 0.286. The molecule has 0 unspecified atom stereocenters. The van der Waals surface area contributed by atoms with Gasteiger partial charge in [0.2, 0.25) is 0 Å². The number of aromatic nitrogens is 6. The van der Waals surface area contributed by atoms with Crippen molar-refractivity contribution in [3.8, 4) is 11.4 Å². The van der Waals surface area contributed by atoms with E-state index in [0.29, 0.717) is 0 Å². The van der Waals surface area contributed by atoms with Crippen LogP contribution in [-0.2, 0) is 45.2 Å². The second kappa shape index (κ2) is 14.3. The molecule has 0 atom stereocenters. The van der Waals surface area contributed by atoms with Crippen molar-refractivity contribution in [3.63, 3.8) is 0 Å². The van der Waals surface area contributed by atoms with Gasteiger partial charge in [0.1, 0.15) is 24.5 Å². The molecule has 14 heteroatoms. The van der Waals surface area contributed by atoms with Crippen molar-refractivity contribution in [2.75, 3.05) is 13.2 Å². The van der Waals surface area contributed by atoms with Crippen LogP contribution in [0, 0.1) is 0 Å². The van der Waals surface area contributed by atoms with Gasteiger partial charge in [0, 0.05) is 13.1 Å². The van der Waals surface area contributed by atoms with Crippen LogP contribution in [0.25, 0.3) is 11.4 Å². The molecule has 42 heavy (non-hydrogen) atoms. The maximum Gasteiger partial charge on any atom is 0.327 e. The summed E-state index contributed by atoms with van der Waals surface area (Å²) in [6, 6.07) is 18.4. The Morgan fingerprint density at radius 1 is 0.643 bits per heavy atom. The molecule has 0 fully saturated rings. The van der Waals surface area contributed by atoms with Gasteiger partial charge >= 0.3 is 11.9 Å². The van der Waals surface area contributed by atoms with Gasteiger partial charge in [0.25, 0.3) is 11.8 Å². The van der Waals surface area contributed by atoms with Crippen molar-refractivity contribution in [1.82, 2.24) is 40.6 Å². The molecule has 2 aromatic carbocycles. The Kier molecular flexibility index (Phi) is 10.1. The first-order chi connectivity index (χ1) is 20.4. The third-order valence-electron chi connectivity index (χ3n) is 5.88. The molecule has 218 valence electrons. The maximum atomic E-state index is 13.4. The van der Waals surface area contributed by atoms with Crippen LogP contribution < -0.4 is 10.6 Å². The highest BCUT2D eigenvalue weighted by molar-refractivity contribution is 6.03. The molecule has 0 saturated heterocycles. The fourth-order valence-electron chi connectivity index (χ4n) is 4.00. The van der Waals surface area contributed by atoms with E-state index in [0.717, 1.165) is 20.5 Å². The summed E-state index contributed by atoms with van der Waals surface area (Å²) >= 11 is 0. The minimum atomic E-state index is -0.653. The van der Waals surface area contributed by atoms with Crippen molar-refractivity contribution in [3.05, 3.63) is 83.2 Å². The Hall–Kier alpha value is -5.40. The smallest absolute Gasteiger partial charge is 0.327 e. The lowest BCUT2D eigenvalue weighted by molar-refractivity contribution is -0.145. The molecule has 0 spiro atoms. The molecule has 2 aromatic heterocycles. The van der Waals surface area contributed by atoms with E-state index in [1.165, 1.54) is 0 Å². The summed E-state index contributed by atoms with van der Waals surface area (Å²) in [5.41, 5.74) is 1.16. The van der Waals surface area contributed by atoms with Crippen molar-refractivity contribution in [2.45, 2.75) is 40.0 Å². The van der Waals surface area contributed by atoms with Gasteiger partial charge in [-0.1, -0.05) is 71.1 Å². The molecule has 2 amide bonds. The Morgan fingerprint density at radius 2 is 1.02 bits per heavy atom. The van der Waals surface area contributed by atoms with Gasteiger partial charge in [-0.2, -0.15) is 0 Å². The molecular weight excluding hydrogens is 544 g/mol. The molecule has 0 aliphatic heterocycles. The number of ether oxygens (including phenoxy) is 2. The van der Waals surface area contributed by atoms with Crippen LogP contribution in [-0.4, -0.2) is 67.0 Å². The quantitative estimate of drug-likeness (QED) is 0.223. The highest BCUT2D eigenvalue weighted by atomic mass is 16.5. The second-order valence-corrected chi connectivity index (χ2v) is 8.84. The number of rotatable bonds is 13. The van der Waals surface area contributed by atoms with Gasteiger partial charge in [-0.25, -0.2) is 9.36 Å².